The summed E-state index contributed by atoms with van der Waals surface area (Å²) in [5, 5.41) is 10.7. The fourth-order valence-electron chi connectivity index (χ4n) is 2.77. The first-order valence-electron chi connectivity index (χ1n) is 7.73. The van der Waals surface area contributed by atoms with Crippen LogP contribution in [-0.4, -0.2) is 68.7 Å². The number of carbonyl (C=O) groups excluding carboxylic acids is 3. The smallest absolute Gasteiger partial charge is 0.242 e. The first-order chi connectivity index (χ1) is 11.0. The van der Waals surface area contributed by atoms with E-state index in [4.69, 9.17) is 0 Å². The minimum absolute atomic E-state index is 0.0295. The second-order valence-corrected chi connectivity index (χ2v) is 5.97. The average Bonchev–Trinajstić information content (AvgIpc) is 3.06. The lowest BCUT2D eigenvalue weighted by Crippen LogP contribution is -2.53. The van der Waals surface area contributed by atoms with Crippen molar-refractivity contribution in [3.63, 3.8) is 0 Å². The third-order valence-corrected chi connectivity index (χ3v) is 4.16. The Kier molecular flexibility index (Phi) is 4.26. The zero-order valence-electron chi connectivity index (χ0n) is 13.1. The summed E-state index contributed by atoms with van der Waals surface area (Å²) in [6, 6.07) is 0.104. The van der Waals surface area contributed by atoms with Crippen LogP contribution in [0.1, 0.15) is 31.5 Å². The standard InChI is InChI=1S/C14H20N6O3/c1-10(21)15-5-14(23)19-8-12(9-19)20-7-11(16-17-20)6-18-4-2-3-13(18)22/h7,12H,2-6,8-9H2,1H3,(H,15,21). The summed E-state index contributed by atoms with van der Waals surface area (Å²) in [5.41, 5.74) is 0.767. The van der Waals surface area contributed by atoms with E-state index in [-0.39, 0.29) is 30.3 Å². The molecule has 0 aromatic carbocycles. The van der Waals surface area contributed by atoms with E-state index in [0.29, 0.717) is 26.1 Å². The number of amides is 3. The zero-order valence-corrected chi connectivity index (χ0v) is 13.1. The van der Waals surface area contributed by atoms with E-state index in [2.05, 4.69) is 15.6 Å². The molecule has 2 saturated heterocycles. The molecule has 1 aromatic rings. The lowest BCUT2D eigenvalue weighted by Gasteiger charge is -2.38. The molecule has 1 aromatic heterocycles. The van der Waals surface area contributed by atoms with Crippen LogP contribution in [0.15, 0.2) is 6.20 Å². The van der Waals surface area contributed by atoms with Gasteiger partial charge in [0.2, 0.25) is 17.7 Å². The first kappa shape index (κ1) is 15.4. The quantitative estimate of drug-likeness (QED) is 0.744. The van der Waals surface area contributed by atoms with Gasteiger partial charge in [0, 0.05) is 33.0 Å². The van der Waals surface area contributed by atoms with Crippen molar-refractivity contribution in [3.05, 3.63) is 11.9 Å². The van der Waals surface area contributed by atoms with Crippen molar-refractivity contribution in [1.82, 2.24) is 30.1 Å². The Morgan fingerprint density at radius 1 is 1.39 bits per heavy atom. The monoisotopic (exact) mass is 320 g/mol. The second-order valence-electron chi connectivity index (χ2n) is 5.97. The summed E-state index contributed by atoms with van der Waals surface area (Å²) in [6.07, 6.45) is 3.36. The van der Waals surface area contributed by atoms with E-state index < -0.39 is 0 Å². The van der Waals surface area contributed by atoms with Gasteiger partial charge in [-0.1, -0.05) is 5.21 Å². The lowest BCUT2D eigenvalue weighted by molar-refractivity contribution is -0.137. The molecule has 3 rings (SSSR count). The van der Waals surface area contributed by atoms with Gasteiger partial charge in [0.25, 0.3) is 0 Å². The number of hydrogen-bond donors (Lipinski definition) is 1. The Morgan fingerprint density at radius 2 is 2.17 bits per heavy atom. The van der Waals surface area contributed by atoms with Crippen LogP contribution in [0.5, 0.6) is 0 Å². The lowest BCUT2D eigenvalue weighted by atomic mass is 10.1. The molecule has 9 heteroatoms. The van der Waals surface area contributed by atoms with Crippen LogP contribution in [0.4, 0.5) is 0 Å². The molecule has 2 aliphatic rings. The summed E-state index contributed by atoms with van der Waals surface area (Å²) in [7, 11) is 0. The molecular weight excluding hydrogens is 300 g/mol. The third-order valence-electron chi connectivity index (χ3n) is 4.16. The van der Waals surface area contributed by atoms with Crippen molar-refractivity contribution in [2.75, 3.05) is 26.2 Å². The van der Waals surface area contributed by atoms with Gasteiger partial charge in [-0.25, -0.2) is 4.68 Å². The highest BCUT2D eigenvalue weighted by molar-refractivity contribution is 5.84. The number of hydrogen-bond acceptors (Lipinski definition) is 5. The molecule has 0 radical (unpaired) electrons. The maximum absolute atomic E-state index is 11.8. The predicted molar refractivity (Wildman–Crippen MR) is 79.0 cm³/mol. The van der Waals surface area contributed by atoms with Crippen molar-refractivity contribution in [1.29, 1.82) is 0 Å². The van der Waals surface area contributed by atoms with Crippen LogP contribution < -0.4 is 5.32 Å². The molecule has 124 valence electrons. The van der Waals surface area contributed by atoms with Crippen molar-refractivity contribution < 1.29 is 14.4 Å². The summed E-state index contributed by atoms with van der Waals surface area (Å²) >= 11 is 0. The highest BCUT2D eigenvalue weighted by atomic mass is 16.2. The topological polar surface area (TPSA) is 100 Å². The molecule has 0 atom stereocenters. The van der Waals surface area contributed by atoms with E-state index >= 15 is 0 Å². The van der Waals surface area contributed by atoms with Gasteiger partial charge in [-0.2, -0.15) is 0 Å². The molecule has 0 spiro atoms. The van der Waals surface area contributed by atoms with Crippen LogP contribution in [0.2, 0.25) is 0 Å². The summed E-state index contributed by atoms with van der Waals surface area (Å²) in [5.74, 6) is -0.148. The summed E-state index contributed by atoms with van der Waals surface area (Å²) in [4.78, 5) is 37.7. The Bertz CT molecular complexity index is 622. The van der Waals surface area contributed by atoms with E-state index in [1.165, 1.54) is 6.92 Å². The number of carbonyl (C=O) groups is 3. The third kappa shape index (κ3) is 3.49. The van der Waals surface area contributed by atoms with E-state index in [9.17, 15) is 14.4 Å². The first-order valence-corrected chi connectivity index (χ1v) is 7.73. The predicted octanol–water partition coefficient (Wildman–Crippen LogP) is -1.08. The number of nitrogens with one attached hydrogen (secondary N) is 1. The van der Waals surface area contributed by atoms with Crippen LogP contribution >= 0.6 is 0 Å². The van der Waals surface area contributed by atoms with Crippen molar-refractivity contribution in [2.45, 2.75) is 32.4 Å². The van der Waals surface area contributed by atoms with E-state index in [1.807, 2.05) is 6.20 Å². The molecule has 2 aliphatic heterocycles. The Morgan fingerprint density at radius 3 is 2.83 bits per heavy atom. The SMILES string of the molecule is CC(=O)NCC(=O)N1CC(n2cc(CN3CCCC3=O)nn2)C1. The van der Waals surface area contributed by atoms with Crippen LogP contribution in [0.3, 0.4) is 0 Å². The Balaban J connectivity index is 1.47. The largest absolute Gasteiger partial charge is 0.347 e. The number of nitrogens with zero attached hydrogens (tertiary/aromatic N) is 5. The second kappa shape index (κ2) is 6.35. The number of rotatable bonds is 5. The minimum atomic E-state index is -0.215. The molecule has 0 saturated carbocycles. The normalized spacial score (nSPS) is 18.2. The highest BCUT2D eigenvalue weighted by Gasteiger charge is 2.32. The van der Waals surface area contributed by atoms with E-state index in [0.717, 1.165) is 18.7 Å². The molecule has 1 N–H and O–H groups in total. The van der Waals surface area contributed by atoms with Crippen LogP contribution in [0.25, 0.3) is 0 Å². The van der Waals surface area contributed by atoms with Crippen LogP contribution in [0, 0.1) is 0 Å². The molecule has 3 amide bonds. The van der Waals surface area contributed by atoms with Crippen molar-refractivity contribution in [2.24, 2.45) is 0 Å². The van der Waals surface area contributed by atoms with E-state index in [1.54, 1.807) is 14.5 Å². The Hall–Kier alpha value is -2.45. The highest BCUT2D eigenvalue weighted by Crippen LogP contribution is 2.21. The molecule has 0 bridgehead atoms. The number of aromatic nitrogens is 3. The average molecular weight is 320 g/mol. The van der Waals surface area contributed by atoms with Gasteiger partial charge in [-0.15, -0.1) is 5.10 Å². The van der Waals surface area contributed by atoms with Gasteiger partial charge in [0.15, 0.2) is 0 Å². The zero-order chi connectivity index (χ0) is 16.4. The fourth-order valence-corrected chi connectivity index (χ4v) is 2.77. The molecule has 0 aliphatic carbocycles. The molecule has 0 unspecified atom stereocenters. The summed E-state index contributed by atoms with van der Waals surface area (Å²) < 4.78 is 1.75. The number of likely N-dealkylation sites (tertiary alicyclic amines) is 2. The van der Waals surface area contributed by atoms with Gasteiger partial charge in [-0.05, 0) is 6.42 Å². The molecule has 2 fully saturated rings. The molecule has 9 nitrogen and oxygen atoms in total. The van der Waals surface area contributed by atoms with Crippen LogP contribution in [-0.2, 0) is 20.9 Å². The van der Waals surface area contributed by atoms with Gasteiger partial charge >= 0.3 is 0 Å². The van der Waals surface area contributed by atoms with Gasteiger partial charge < -0.3 is 15.1 Å². The van der Waals surface area contributed by atoms with Gasteiger partial charge in [0.1, 0.15) is 5.69 Å². The minimum Gasteiger partial charge on any atom is -0.347 e. The summed E-state index contributed by atoms with van der Waals surface area (Å²) in [6.45, 7) is 3.81. The Labute approximate surface area is 133 Å². The van der Waals surface area contributed by atoms with Gasteiger partial charge in [-0.3, -0.25) is 14.4 Å². The molecular formula is C14H20N6O3. The molecule has 23 heavy (non-hydrogen) atoms. The van der Waals surface area contributed by atoms with Gasteiger partial charge in [0.05, 0.1) is 25.3 Å². The van der Waals surface area contributed by atoms with Crippen molar-refractivity contribution >= 4 is 17.7 Å². The molecule has 3 heterocycles. The van der Waals surface area contributed by atoms with Crippen molar-refractivity contribution in [3.8, 4) is 0 Å². The maximum Gasteiger partial charge on any atom is 0.242 e. The maximum atomic E-state index is 11.8. The fraction of sp³-hybridized carbons (Fsp3) is 0.643.